The zero-order valence-corrected chi connectivity index (χ0v) is 18.1. The van der Waals surface area contributed by atoms with E-state index in [-0.39, 0.29) is 17.9 Å². The number of ketones is 1. The summed E-state index contributed by atoms with van der Waals surface area (Å²) in [5, 5.41) is 21.1. The van der Waals surface area contributed by atoms with Crippen LogP contribution in [0.25, 0.3) is 0 Å². The van der Waals surface area contributed by atoms with Crippen molar-refractivity contribution in [3.63, 3.8) is 0 Å². The molecule has 0 aliphatic carbocycles. The number of β-amino-alcohol motifs (C(OH)–C–C–N with tert-alkyl or cyclic N) is 1. The van der Waals surface area contributed by atoms with Crippen LogP contribution in [0.5, 0.6) is 5.88 Å². The molecule has 0 saturated carbocycles. The Bertz CT molecular complexity index is 652. The van der Waals surface area contributed by atoms with Gasteiger partial charge in [-0.25, -0.2) is 4.79 Å². The zero-order valence-electron chi connectivity index (χ0n) is 17.3. The molecule has 1 saturated heterocycles. The lowest BCUT2D eigenvalue weighted by atomic mass is 10.1. The highest BCUT2D eigenvalue weighted by Gasteiger charge is 2.21. The fraction of sp³-hybridized carbons (Fsp3) is 0.667. The number of nitrogens with one attached hydrogen (secondary N) is 1. The van der Waals surface area contributed by atoms with E-state index in [2.05, 4.69) is 39.7 Å². The number of carbonyl (C=O) groups is 2. The van der Waals surface area contributed by atoms with Gasteiger partial charge in [-0.05, 0) is 33.8 Å². The molecule has 1 aromatic rings. The SMILES string of the molecule is CC(=O)/C=C\C(=O)O.CC(C)(C)NC[C@H](O)COc1nsnc1N1CCOCC1. The van der Waals surface area contributed by atoms with Crippen molar-refractivity contribution in [3.8, 4) is 5.88 Å². The second kappa shape index (κ2) is 12.5. The first-order chi connectivity index (χ1) is 13.6. The number of anilines is 1. The maximum absolute atomic E-state index is 10.00. The van der Waals surface area contributed by atoms with E-state index in [4.69, 9.17) is 14.6 Å². The van der Waals surface area contributed by atoms with Gasteiger partial charge in [0.1, 0.15) is 12.7 Å². The zero-order chi connectivity index (χ0) is 21.9. The van der Waals surface area contributed by atoms with Gasteiger partial charge in [-0.1, -0.05) is 0 Å². The Labute approximate surface area is 174 Å². The van der Waals surface area contributed by atoms with E-state index in [0.29, 0.717) is 25.6 Å². The monoisotopic (exact) mass is 430 g/mol. The number of aromatic nitrogens is 2. The molecule has 0 spiro atoms. The van der Waals surface area contributed by atoms with Crippen molar-refractivity contribution in [3.05, 3.63) is 12.2 Å². The molecule has 164 valence electrons. The molecule has 1 aromatic heterocycles. The van der Waals surface area contributed by atoms with Gasteiger partial charge in [0.25, 0.3) is 5.88 Å². The van der Waals surface area contributed by atoms with E-state index in [0.717, 1.165) is 42.8 Å². The number of allylic oxidation sites excluding steroid dienone is 1. The van der Waals surface area contributed by atoms with Crippen LogP contribution >= 0.6 is 11.7 Å². The Kier molecular flexibility index (Phi) is 10.7. The summed E-state index contributed by atoms with van der Waals surface area (Å²) >= 11 is 1.12. The molecule has 0 bridgehead atoms. The Morgan fingerprint density at radius 1 is 1.31 bits per heavy atom. The average Bonchev–Trinajstić information content (AvgIpc) is 3.12. The Hall–Kier alpha value is -2.08. The molecular formula is C18H30N4O6S. The summed E-state index contributed by atoms with van der Waals surface area (Å²) in [6, 6.07) is 0. The number of rotatable bonds is 8. The summed E-state index contributed by atoms with van der Waals surface area (Å²) in [6.07, 6.45) is 1.23. The van der Waals surface area contributed by atoms with Crippen LogP contribution in [0.3, 0.4) is 0 Å². The van der Waals surface area contributed by atoms with Gasteiger partial charge in [0.15, 0.2) is 5.78 Å². The predicted octanol–water partition coefficient (Wildman–Crippen LogP) is 0.719. The van der Waals surface area contributed by atoms with E-state index in [9.17, 15) is 14.7 Å². The lowest BCUT2D eigenvalue weighted by Gasteiger charge is -2.27. The van der Waals surface area contributed by atoms with Crippen molar-refractivity contribution in [2.24, 2.45) is 0 Å². The van der Waals surface area contributed by atoms with Crippen molar-refractivity contribution in [1.82, 2.24) is 14.1 Å². The van der Waals surface area contributed by atoms with E-state index in [1.165, 1.54) is 6.92 Å². The molecular weight excluding hydrogens is 400 g/mol. The Balaban J connectivity index is 0.000000447. The molecule has 2 heterocycles. The van der Waals surface area contributed by atoms with Crippen LogP contribution in [-0.4, -0.2) is 81.8 Å². The van der Waals surface area contributed by atoms with Gasteiger partial charge in [0.2, 0.25) is 5.82 Å². The topological polar surface area (TPSA) is 134 Å². The molecule has 1 aliphatic rings. The minimum Gasteiger partial charge on any atom is -0.478 e. The lowest BCUT2D eigenvalue weighted by Crippen LogP contribution is -2.42. The molecule has 11 heteroatoms. The van der Waals surface area contributed by atoms with Crippen LogP contribution in [0.15, 0.2) is 12.2 Å². The highest BCUT2D eigenvalue weighted by atomic mass is 32.1. The van der Waals surface area contributed by atoms with Crippen LogP contribution < -0.4 is 15.0 Å². The number of carboxylic acid groups (broad SMARTS) is 1. The summed E-state index contributed by atoms with van der Waals surface area (Å²) in [4.78, 5) is 21.8. The van der Waals surface area contributed by atoms with Gasteiger partial charge < -0.3 is 29.9 Å². The molecule has 2 rings (SSSR count). The summed E-state index contributed by atoms with van der Waals surface area (Å²) in [5.41, 5.74) is -0.0257. The number of nitrogens with zero attached hydrogens (tertiary/aromatic N) is 3. The Morgan fingerprint density at radius 3 is 2.48 bits per heavy atom. The van der Waals surface area contributed by atoms with Crippen molar-refractivity contribution in [2.45, 2.75) is 39.3 Å². The number of morpholine rings is 1. The molecule has 0 radical (unpaired) electrons. The molecule has 1 fully saturated rings. The summed E-state index contributed by atoms with van der Waals surface area (Å²) in [6.45, 7) is 11.1. The number of hydrogen-bond donors (Lipinski definition) is 3. The van der Waals surface area contributed by atoms with Crippen LogP contribution in [0.1, 0.15) is 27.7 Å². The molecule has 10 nitrogen and oxygen atoms in total. The predicted molar refractivity (Wildman–Crippen MR) is 110 cm³/mol. The van der Waals surface area contributed by atoms with Gasteiger partial charge in [-0.3, -0.25) is 4.79 Å². The smallest absolute Gasteiger partial charge is 0.328 e. The molecule has 1 atom stereocenters. The van der Waals surface area contributed by atoms with E-state index < -0.39 is 12.1 Å². The molecule has 29 heavy (non-hydrogen) atoms. The fourth-order valence-corrected chi connectivity index (χ4v) is 2.60. The molecule has 0 aromatic carbocycles. The van der Waals surface area contributed by atoms with E-state index in [1.807, 2.05) is 0 Å². The van der Waals surface area contributed by atoms with Crippen LogP contribution in [0.4, 0.5) is 5.82 Å². The maximum Gasteiger partial charge on any atom is 0.328 e. The van der Waals surface area contributed by atoms with Gasteiger partial charge >= 0.3 is 5.97 Å². The molecule has 0 unspecified atom stereocenters. The van der Waals surface area contributed by atoms with Gasteiger partial charge in [-0.2, -0.15) is 4.37 Å². The quantitative estimate of drug-likeness (QED) is 0.506. The third-order valence-corrected chi connectivity index (χ3v) is 4.00. The number of carbonyl (C=O) groups excluding carboxylic acids is 1. The third kappa shape index (κ3) is 11.5. The van der Waals surface area contributed by atoms with Crippen molar-refractivity contribution in [1.29, 1.82) is 0 Å². The second-order valence-electron chi connectivity index (χ2n) is 7.37. The first kappa shape index (κ1) is 25.0. The van der Waals surface area contributed by atoms with Gasteiger partial charge in [-0.15, -0.1) is 4.37 Å². The van der Waals surface area contributed by atoms with Crippen molar-refractivity contribution in [2.75, 3.05) is 44.4 Å². The van der Waals surface area contributed by atoms with Crippen LogP contribution in [0.2, 0.25) is 0 Å². The number of hydrogen-bond acceptors (Lipinski definition) is 10. The number of ether oxygens (including phenoxy) is 2. The third-order valence-electron chi connectivity index (χ3n) is 3.49. The van der Waals surface area contributed by atoms with Crippen LogP contribution in [0, 0.1) is 0 Å². The second-order valence-corrected chi connectivity index (χ2v) is 7.90. The lowest BCUT2D eigenvalue weighted by molar-refractivity contribution is -0.131. The Morgan fingerprint density at radius 2 is 1.97 bits per heavy atom. The summed E-state index contributed by atoms with van der Waals surface area (Å²) in [5.74, 6) is -0.108. The number of aliphatic carboxylic acids is 1. The summed E-state index contributed by atoms with van der Waals surface area (Å²) in [7, 11) is 0. The minimum absolute atomic E-state index is 0.0257. The minimum atomic E-state index is -1.10. The van der Waals surface area contributed by atoms with Gasteiger partial charge in [0, 0.05) is 31.2 Å². The van der Waals surface area contributed by atoms with E-state index in [1.54, 1.807) is 0 Å². The van der Waals surface area contributed by atoms with Crippen molar-refractivity contribution < 1.29 is 29.3 Å². The highest BCUT2D eigenvalue weighted by Crippen LogP contribution is 2.26. The molecule has 0 amide bonds. The summed E-state index contributed by atoms with van der Waals surface area (Å²) < 4.78 is 19.4. The van der Waals surface area contributed by atoms with E-state index >= 15 is 0 Å². The largest absolute Gasteiger partial charge is 0.478 e. The first-order valence-corrected chi connectivity index (χ1v) is 9.94. The molecule has 1 aliphatic heterocycles. The first-order valence-electron chi connectivity index (χ1n) is 9.21. The number of aliphatic hydroxyl groups is 1. The average molecular weight is 431 g/mol. The number of aliphatic hydroxyl groups excluding tert-OH is 1. The standard InChI is InChI=1S/C13H24N4O3S.C5H6O3/c1-13(2,3)14-8-10(18)9-20-12-11(15-21-16-12)17-4-6-19-7-5-17;1-4(6)2-3-5(7)8/h10,14,18H,4-9H2,1-3H3;2-3H,1H3,(H,7,8)/b;3-2-/t10-;/m0./s1. The van der Waals surface area contributed by atoms with Crippen molar-refractivity contribution >= 4 is 29.3 Å². The maximum atomic E-state index is 10.00. The highest BCUT2D eigenvalue weighted by molar-refractivity contribution is 6.99. The normalized spacial score (nSPS) is 15.6. The molecule has 3 N–H and O–H groups in total. The van der Waals surface area contributed by atoms with Crippen LogP contribution in [-0.2, 0) is 14.3 Å². The van der Waals surface area contributed by atoms with Gasteiger partial charge in [0.05, 0.1) is 24.9 Å². The fourth-order valence-electron chi connectivity index (χ4n) is 2.08. The number of carboxylic acids is 1.